The van der Waals surface area contributed by atoms with Crippen LogP contribution in [0, 0.1) is 13.8 Å². The first kappa shape index (κ1) is 22.5. The fraction of sp³-hybridized carbons (Fsp3) is 0.350. The summed E-state index contributed by atoms with van der Waals surface area (Å²) in [5.74, 6) is -0.436. The maximum atomic E-state index is 12.9. The van der Waals surface area contributed by atoms with Crippen molar-refractivity contribution in [2.45, 2.75) is 39.8 Å². The van der Waals surface area contributed by atoms with Crippen LogP contribution < -0.4 is 9.62 Å². The number of nitrogens with zero attached hydrogens (tertiary/aromatic N) is 1. The molecule has 0 bridgehead atoms. The first-order chi connectivity index (χ1) is 12.9. The molecule has 2 rings (SSSR count). The number of anilines is 1. The highest BCUT2D eigenvalue weighted by Gasteiger charge is 2.31. The van der Waals surface area contributed by atoms with Gasteiger partial charge < -0.3 is 5.32 Å². The van der Waals surface area contributed by atoms with E-state index in [2.05, 4.69) is 5.32 Å². The normalized spacial score (nSPS) is 13.7. The summed E-state index contributed by atoms with van der Waals surface area (Å²) in [7, 11) is -3.79. The van der Waals surface area contributed by atoms with E-state index in [0.717, 1.165) is 27.3 Å². The molecule has 0 saturated carbocycles. The number of halogens is 2. The molecule has 5 nitrogen and oxygen atoms in total. The summed E-state index contributed by atoms with van der Waals surface area (Å²) < 4.78 is 25.9. The maximum Gasteiger partial charge on any atom is 0.244 e. The van der Waals surface area contributed by atoms with E-state index in [0.29, 0.717) is 5.02 Å². The van der Waals surface area contributed by atoms with Crippen LogP contribution in [-0.2, 0) is 14.8 Å². The number of carbonyl (C=O) groups is 1. The molecule has 0 aromatic heterocycles. The fourth-order valence-corrected chi connectivity index (χ4v) is 4.76. The lowest BCUT2D eigenvalue weighted by Crippen LogP contribution is -2.48. The predicted molar refractivity (Wildman–Crippen MR) is 116 cm³/mol. The van der Waals surface area contributed by atoms with Crippen molar-refractivity contribution in [1.29, 1.82) is 0 Å². The van der Waals surface area contributed by atoms with Crippen LogP contribution >= 0.6 is 23.2 Å². The number of rotatable bonds is 6. The van der Waals surface area contributed by atoms with Gasteiger partial charge in [0.15, 0.2) is 0 Å². The molecule has 2 aromatic carbocycles. The Morgan fingerprint density at radius 2 is 1.71 bits per heavy atom. The van der Waals surface area contributed by atoms with Crippen molar-refractivity contribution >= 4 is 44.8 Å². The number of hydrogen-bond acceptors (Lipinski definition) is 3. The van der Waals surface area contributed by atoms with Crippen LogP contribution in [-0.4, -0.2) is 26.6 Å². The second kappa shape index (κ2) is 8.72. The lowest BCUT2D eigenvalue weighted by Gasteiger charge is -2.30. The summed E-state index contributed by atoms with van der Waals surface area (Å²) >= 11 is 12.2. The third-order valence-corrected chi connectivity index (χ3v) is 6.27. The summed E-state index contributed by atoms with van der Waals surface area (Å²) in [5, 5.41) is 3.41. The average Bonchev–Trinajstić information content (AvgIpc) is 2.56. The van der Waals surface area contributed by atoms with E-state index >= 15 is 0 Å². The molecule has 0 aliphatic heterocycles. The van der Waals surface area contributed by atoms with E-state index in [9.17, 15) is 13.2 Å². The number of hydrogen-bond donors (Lipinski definition) is 1. The lowest BCUT2D eigenvalue weighted by atomic mass is 10.00. The molecule has 1 N–H and O–H groups in total. The highest BCUT2D eigenvalue weighted by atomic mass is 35.5. The highest BCUT2D eigenvalue weighted by Crippen LogP contribution is 2.32. The molecule has 0 fully saturated rings. The Balaban J connectivity index is 2.33. The van der Waals surface area contributed by atoms with Crippen molar-refractivity contribution in [3.8, 4) is 0 Å². The topological polar surface area (TPSA) is 66.5 Å². The van der Waals surface area contributed by atoms with Gasteiger partial charge in [-0.25, -0.2) is 8.42 Å². The van der Waals surface area contributed by atoms with E-state index in [1.165, 1.54) is 19.1 Å². The zero-order chi connectivity index (χ0) is 21.2. The van der Waals surface area contributed by atoms with E-state index in [1.807, 2.05) is 39.0 Å². The molecule has 152 valence electrons. The Bertz CT molecular complexity index is 993. The molecule has 0 aliphatic carbocycles. The van der Waals surface area contributed by atoms with Crippen LogP contribution in [0.2, 0.25) is 10.0 Å². The predicted octanol–water partition coefficient (Wildman–Crippen LogP) is 4.64. The molecule has 28 heavy (non-hydrogen) atoms. The first-order valence-electron chi connectivity index (χ1n) is 8.73. The van der Waals surface area contributed by atoms with Gasteiger partial charge in [0, 0.05) is 5.02 Å². The van der Waals surface area contributed by atoms with Gasteiger partial charge in [0.25, 0.3) is 0 Å². The zero-order valence-electron chi connectivity index (χ0n) is 16.5. The Hall–Kier alpha value is -1.76. The number of carbonyl (C=O) groups excluding carboxylic acids is 1. The second-order valence-electron chi connectivity index (χ2n) is 6.92. The molecular formula is C20H24Cl2N2O3S. The van der Waals surface area contributed by atoms with Crippen molar-refractivity contribution in [3.63, 3.8) is 0 Å². The van der Waals surface area contributed by atoms with E-state index < -0.39 is 22.0 Å². The van der Waals surface area contributed by atoms with Crippen LogP contribution in [0.15, 0.2) is 36.4 Å². The molecule has 0 radical (unpaired) electrons. The van der Waals surface area contributed by atoms with Gasteiger partial charge in [-0.15, -0.1) is 0 Å². The number of sulfonamides is 1. The summed E-state index contributed by atoms with van der Waals surface area (Å²) in [6.45, 7) is 7.35. The van der Waals surface area contributed by atoms with Crippen molar-refractivity contribution in [1.82, 2.24) is 5.32 Å². The number of benzene rings is 2. The molecule has 2 atom stereocenters. The van der Waals surface area contributed by atoms with Gasteiger partial charge in [-0.1, -0.05) is 47.0 Å². The minimum absolute atomic E-state index is 0.165. The summed E-state index contributed by atoms with van der Waals surface area (Å²) in [4.78, 5) is 12.9. The van der Waals surface area contributed by atoms with E-state index in [4.69, 9.17) is 23.2 Å². The molecule has 8 heteroatoms. The van der Waals surface area contributed by atoms with Crippen molar-refractivity contribution < 1.29 is 13.2 Å². The third kappa shape index (κ3) is 5.19. The SMILES string of the molecule is Cc1ccc([C@@H](C)NC(=O)[C@H](C)N(c2cc(Cl)ccc2Cl)S(C)(=O)=O)c(C)c1. The summed E-state index contributed by atoms with van der Waals surface area (Å²) in [6.07, 6.45) is 1.03. The van der Waals surface area contributed by atoms with Crippen molar-refractivity contribution in [2.24, 2.45) is 0 Å². The van der Waals surface area contributed by atoms with Crippen molar-refractivity contribution in [3.05, 3.63) is 63.1 Å². The van der Waals surface area contributed by atoms with Crippen LogP contribution in [0.25, 0.3) is 0 Å². The molecule has 0 unspecified atom stereocenters. The Morgan fingerprint density at radius 1 is 1.07 bits per heavy atom. The van der Waals surface area contributed by atoms with Gasteiger partial charge in [0.1, 0.15) is 6.04 Å². The number of nitrogens with one attached hydrogen (secondary N) is 1. The summed E-state index contributed by atoms with van der Waals surface area (Å²) in [6, 6.07) is 9.16. The van der Waals surface area contributed by atoms with Crippen LogP contribution in [0.1, 0.15) is 36.6 Å². The van der Waals surface area contributed by atoms with Crippen LogP contribution in [0.5, 0.6) is 0 Å². The monoisotopic (exact) mass is 442 g/mol. The molecule has 0 saturated heterocycles. The third-order valence-electron chi connectivity index (χ3n) is 4.48. The standard InChI is InChI=1S/C20H24Cl2N2O3S/c1-12-6-8-17(13(2)10-12)14(3)23-20(25)15(4)24(28(5,26)27)19-11-16(21)7-9-18(19)22/h6-11,14-15H,1-5H3,(H,23,25)/t14-,15+/m1/s1. The van der Waals surface area contributed by atoms with Crippen LogP contribution in [0.3, 0.4) is 0 Å². The van der Waals surface area contributed by atoms with E-state index in [1.54, 1.807) is 6.07 Å². The van der Waals surface area contributed by atoms with Gasteiger partial charge >= 0.3 is 0 Å². The second-order valence-corrected chi connectivity index (χ2v) is 9.62. The van der Waals surface area contributed by atoms with Gasteiger partial charge in [-0.3, -0.25) is 9.10 Å². The smallest absolute Gasteiger partial charge is 0.244 e. The van der Waals surface area contributed by atoms with Gasteiger partial charge in [-0.2, -0.15) is 0 Å². The Morgan fingerprint density at radius 3 is 2.29 bits per heavy atom. The van der Waals surface area contributed by atoms with Crippen LogP contribution in [0.4, 0.5) is 5.69 Å². The summed E-state index contributed by atoms with van der Waals surface area (Å²) in [5.41, 5.74) is 3.32. The average molecular weight is 443 g/mol. The zero-order valence-corrected chi connectivity index (χ0v) is 18.8. The molecule has 0 spiro atoms. The molecule has 0 aliphatic rings. The minimum atomic E-state index is -3.79. The largest absolute Gasteiger partial charge is 0.348 e. The first-order valence-corrected chi connectivity index (χ1v) is 11.3. The van der Waals surface area contributed by atoms with Crippen molar-refractivity contribution in [2.75, 3.05) is 10.6 Å². The molecule has 2 aromatic rings. The molecular weight excluding hydrogens is 419 g/mol. The van der Waals surface area contributed by atoms with Gasteiger partial charge in [0.2, 0.25) is 15.9 Å². The number of aryl methyl sites for hydroxylation is 2. The Kier molecular flexibility index (Phi) is 7.02. The lowest BCUT2D eigenvalue weighted by molar-refractivity contribution is -0.122. The fourth-order valence-electron chi connectivity index (χ4n) is 3.16. The highest BCUT2D eigenvalue weighted by molar-refractivity contribution is 7.92. The minimum Gasteiger partial charge on any atom is -0.348 e. The number of amides is 1. The quantitative estimate of drug-likeness (QED) is 0.707. The Labute approximate surface area is 176 Å². The maximum absolute atomic E-state index is 12.9. The molecule has 1 amide bonds. The van der Waals surface area contributed by atoms with Gasteiger partial charge in [-0.05, 0) is 57.0 Å². The molecule has 0 heterocycles. The van der Waals surface area contributed by atoms with Gasteiger partial charge in [0.05, 0.1) is 23.0 Å². The van der Waals surface area contributed by atoms with E-state index in [-0.39, 0.29) is 16.8 Å².